The smallest absolute Gasteiger partial charge is 0.279 e. The number of benzene rings is 2. The molecule has 0 spiro atoms. The Bertz CT molecular complexity index is 687. The van der Waals surface area contributed by atoms with Gasteiger partial charge in [-0.2, -0.15) is 5.26 Å². The van der Waals surface area contributed by atoms with Crippen molar-refractivity contribution in [1.29, 1.82) is 5.26 Å². The van der Waals surface area contributed by atoms with Gasteiger partial charge in [-0.15, -0.1) is 0 Å². The van der Waals surface area contributed by atoms with Gasteiger partial charge < -0.3 is 10.6 Å². The number of hydrogen-bond acceptors (Lipinski definition) is 2. The zero-order valence-electron chi connectivity index (χ0n) is 14.2. The van der Waals surface area contributed by atoms with Gasteiger partial charge in [0, 0.05) is 17.2 Å². The Morgan fingerprint density at radius 3 is 2.38 bits per heavy atom. The Kier molecular flexibility index (Phi) is 6.53. The summed E-state index contributed by atoms with van der Waals surface area (Å²) in [5.74, 6) is 0.412. The molecule has 3 N–H and O–H groups in total. The van der Waals surface area contributed by atoms with E-state index in [2.05, 4.69) is 42.7 Å². The van der Waals surface area contributed by atoms with Crippen molar-refractivity contribution in [3.63, 3.8) is 0 Å². The first-order valence-corrected chi connectivity index (χ1v) is 8.24. The van der Waals surface area contributed by atoms with Crippen molar-refractivity contribution in [1.82, 2.24) is 0 Å². The Morgan fingerprint density at radius 2 is 1.79 bits per heavy atom. The molecule has 0 fully saturated rings. The summed E-state index contributed by atoms with van der Waals surface area (Å²) in [4.78, 5) is 12.2. The van der Waals surface area contributed by atoms with Crippen molar-refractivity contribution < 1.29 is 10.1 Å². The summed E-state index contributed by atoms with van der Waals surface area (Å²) in [6.07, 6.45) is 0.384. The summed E-state index contributed by atoms with van der Waals surface area (Å²) in [6.45, 7) is 4.71. The third-order valence-corrected chi connectivity index (χ3v) is 3.98. The van der Waals surface area contributed by atoms with E-state index in [0.717, 1.165) is 11.3 Å². The highest BCUT2D eigenvalue weighted by Crippen LogP contribution is 2.16. The molecular weight excluding hydrogens is 298 g/mol. The van der Waals surface area contributed by atoms with Gasteiger partial charge in [-0.25, -0.2) is 0 Å². The molecule has 124 valence electrons. The highest BCUT2D eigenvalue weighted by molar-refractivity contribution is 5.91. The monoisotopic (exact) mass is 322 g/mol. The van der Waals surface area contributed by atoms with Crippen molar-refractivity contribution in [2.75, 3.05) is 11.9 Å². The standard InChI is InChI=1S/C20H23N3O/c1-15(2)20(17-6-4-3-5-7-17)22-14-19(24)23-18-10-8-16(9-11-18)12-13-21/h3-11,15,20,22H,12,14H2,1-2H3,(H,23,24)/p+1/t20-/m1/s1. The molecule has 2 rings (SSSR count). The van der Waals surface area contributed by atoms with Crippen molar-refractivity contribution in [2.24, 2.45) is 5.92 Å². The van der Waals surface area contributed by atoms with Crippen LogP contribution in [0.25, 0.3) is 0 Å². The minimum absolute atomic E-state index is 0.0235. The van der Waals surface area contributed by atoms with E-state index in [4.69, 9.17) is 5.26 Å². The lowest BCUT2D eigenvalue weighted by Crippen LogP contribution is -2.88. The lowest BCUT2D eigenvalue weighted by Gasteiger charge is -2.19. The van der Waals surface area contributed by atoms with Gasteiger partial charge in [0.15, 0.2) is 6.54 Å². The molecule has 2 aromatic rings. The van der Waals surface area contributed by atoms with Crippen molar-refractivity contribution >= 4 is 11.6 Å². The predicted molar refractivity (Wildman–Crippen MR) is 95.2 cm³/mol. The maximum absolute atomic E-state index is 12.2. The molecular formula is C20H24N3O+. The fraction of sp³-hybridized carbons (Fsp3) is 0.300. The highest BCUT2D eigenvalue weighted by Gasteiger charge is 2.20. The number of nitriles is 1. The van der Waals surface area contributed by atoms with Crippen LogP contribution in [0.5, 0.6) is 0 Å². The van der Waals surface area contributed by atoms with Gasteiger partial charge >= 0.3 is 0 Å². The molecule has 0 aromatic heterocycles. The van der Waals surface area contributed by atoms with Gasteiger partial charge in [-0.1, -0.05) is 56.3 Å². The fourth-order valence-electron chi connectivity index (χ4n) is 2.71. The van der Waals surface area contributed by atoms with Gasteiger partial charge in [0.05, 0.1) is 12.5 Å². The molecule has 2 aromatic carbocycles. The topological polar surface area (TPSA) is 69.5 Å². The van der Waals surface area contributed by atoms with Crippen LogP contribution in [0, 0.1) is 17.2 Å². The van der Waals surface area contributed by atoms with Gasteiger partial charge in [0.25, 0.3) is 5.91 Å². The second-order valence-corrected chi connectivity index (χ2v) is 6.20. The first-order chi connectivity index (χ1) is 11.6. The Labute approximate surface area is 143 Å². The van der Waals surface area contributed by atoms with Crippen LogP contribution in [0.4, 0.5) is 5.69 Å². The van der Waals surface area contributed by atoms with Gasteiger partial charge in [0.1, 0.15) is 6.04 Å². The van der Waals surface area contributed by atoms with Crippen LogP contribution in [0.1, 0.15) is 31.0 Å². The van der Waals surface area contributed by atoms with Crippen molar-refractivity contribution in [3.05, 3.63) is 65.7 Å². The minimum atomic E-state index is -0.0235. The third-order valence-electron chi connectivity index (χ3n) is 3.98. The van der Waals surface area contributed by atoms with E-state index in [1.807, 2.05) is 42.5 Å². The Hall–Kier alpha value is -2.64. The van der Waals surface area contributed by atoms with E-state index < -0.39 is 0 Å². The maximum Gasteiger partial charge on any atom is 0.279 e. The average Bonchev–Trinajstić information content (AvgIpc) is 2.58. The first-order valence-electron chi connectivity index (χ1n) is 8.24. The molecule has 0 bridgehead atoms. The van der Waals surface area contributed by atoms with Crippen LogP contribution in [0.2, 0.25) is 0 Å². The molecule has 0 saturated carbocycles. The zero-order chi connectivity index (χ0) is 17.4. The van der Waals surface area contributed by atoms with Crippen LogP contribution < -0.4 is 10.6 Å². The lowest BCUT2D eigenvalue weighted by molar-refractivity contribution is -0.692. The average molecular weight is 322 g/mol. The first kappa shape index (κ1) is 17.7. The van der Waals surface area contributed by atoms with Gasteiger partial charge in [-0.05, 0) is 17.7 Å². The molecule has 1 atom stereocenters. The van der Waals surface area contributed by atoms with E-state index >= 15 is 0 Å². The molecule has 0 heterocycles. The third kappa shape index (κ3) is 5.22. The Morgan fingerprint density at radius 1 is 1.12 bits per heavy atom. The van der Waals surface area contributed by atoms with Crippen LogP contribution in [-0.2, 0) is 11.2 Å². The minimum Gasteiger partial charge on any atom is -0.332 e. The zero-order valence-corrected chi connectivity index (χ0v) is 14.2. The van der Waals surface area contributed by atoms with Gasteiger partial charge in [-0.3, -0.25) is 4.79 Å². The largest absolute Gasteiger partial charge is 0.332 e. The summed E-state index contributed by atoms with van der Waals surface area (Å²) in [6, 6.07) is 20.0. The van der Waals surface area contributed by atoms with E-state index in [-0.39, 0.29) is 11.9 Å². The van der Waals surface area contributed by atoms with Crippen LogP contribution >= 0.6 is 0 Å². The molecule has 1 amide bonds. The molecule has 4 heteroatoms. The number of carbonyl (C=O) groups is 1. The van der Waals surface area contributed by atoms with Crippen molar-refractivity contribution in [2.45, 2.75) is 26.3 Å². The van der Waals surface area contributed by atoms with Gasteiger partial charge in [0.2, 0.25) is 0 Å². The van der Waals surface area contributed by atoms with Crippen LogP contribution in [0.15, 0.2) is 54.6 Å². The molecule has 0 aliphatic heterocycles. The molecule has 0 unspecified atom stereocenters. The number of anilines is 1. The number of nitrogens with zero attached hydrogens (tertiary/aromatic N) is 1. The summed E-state index contributed by atoms with van der Waals surface area (Å²) < 4.78 is 0. The van der Waals surface area contributed by atoms with Crippen LogP contribution in [-0.4, -0.2) is 12.5 Å². The molecule has 0 radical (unpaired) electrons. The number of quaternary nitrogens is 1. The normalized spacial score (nSPS) is 11.8. The number of hydrogen-bond donors (Lipinski definition) is 2. The quantitative estimate of drug-likeness (QED) is 0.823. The second kappa shape index (κ2) is 8.85. The van der Waals surface area contributed by atoms with E-state index in [0.29, 0.717) is 18.9 Å². The number of nitrogens with two attached hydrogens (primary N) is 1. The molecule has 4 nitrogen and oxygen atoms in total. The summed E-state index contributed by atoms with van der Waals surface area (Å²) >= 11 is 0. The lowest BCUT2D eigenvalue weighted by atomic mass is 9.96. The number of nitrogens with one attached hydrogen (secondary N) is 1. The number of carbonyl (C=O) groups excluding carboxylic acids is 1. The molecule has 0 saturated heterocycles. The molecule has 0 aliphatic carbocycles. The van der Waals surface area contributed by atoms with Crippen molar-refractivity contribution in [3.8, 4) is 6.07 Å². The van der Waals surface area contributed by atoms with E-state index in [1.54, 1.807) is 0 Å². The predicted octanol–water partition coefficient (Wildman–Crippen LogP) is 2.65. The summed E-state index contributed by atoms with van der Waals surface area (Å²) in [7, 11) is 0. The number of amides is 1. The Balaban J connectivity index is 1.90. The van der Waals surface area contributed by atoms with E-state index in [1.165, 1.54) is 5.56 Å². The van der Waals surface area contributed by atoms with E-state index in [9.17, 15) is 4.79 Å². The molecule has 24 heavy (non-hydrogen) atoms. The second-order valence-electron chi connectivity index (χ2n) is 6.20. The highest BCUT2D eigenvalue weighted by atomic mass is 16.1. The van der Waals surface area contributed by atoms with Crippen LogP contribution in [0.3, 0.4) is 0 Å². The summed E-state index contributed by atoms with van der Waals surface area (Å²) in [5.41, 5.74) is 2.95. The summed E-state index contributed by atoms with van der Waals surface area (Å²) in [5, 5.41) is 13.7. The fourth-order valence-corrected chi connectivity index (χ4v) is 2.71. The molecule has 0 aliphatic rings. The SMILES string of the molecule is CC(C)[C@@H]([NH2+]CC(=O)Nc1ccc(CC#N)cc1)c1ccccc1. The number of rotatable bonds is 7. The maximum atomic E-state index is 12.2.